The third kappa shape index (κ3) is 4.10. The van der Waals surface area contributed by atoms with E-state index >= 15 is 0 Å². The first-order valence-electron chi connectivity index (χ1n) is 5.78. The number of aliphatic hydroxyl groups is 1. The number of nitrogens with one attached hydrogen (secondary N) is 1. The van der Waals surface area contributed by atoms with Crippen LogP contribution in [-0.4, -0.2) is 30.3 Å². The third-order valence-electron chi connectivity index (χ3n) is 2.71. The van der Waals surface area contributed by atoms with Gasteiger partial charge in [0, 0.05) is 5.69 Å². The van der Waals surface area contributed by atoms with Crippen LogP contribution in [0.2, 0.25) is 0 Å². The van der Waals surface area contributed by atoms with Gasteiger partial charge in [0.2, 0.25) is 0 Å². The zero-order valence-electron chi connectivity index (χ0n) is 11.3. The van der Waals surface area contributed by atoms with Crippen LogP contribution < -0.4 is 5.32 Å². The van der Waals surface area contributed by atoms with Crippen LogP contribution in [0.3, 0.4) is 0 Å². The van der Waals surface area contributed by atoms with E-state index < -0.39 is 28.9 Å². The second kappa shape index (κ2) is 6.01. The van der Waals surface area contributed by atoms with Gasteiger partial charge in [-0.25, -0.2) is 4.79 Å². The Balaban J connectivity index is 2.97. The minimum absolute atomic E-state index is 0.0190. The third-order valence-corrected chi connectivity index (χ3v) is 2.71. The molecular weight excluding hydrogens is 289 g/mol. The molecular formula is C13H13F3N2O3. The molecule has 8 heteroatoms. The van der Waals surface area contributed by atoms with Crippen molar-refractivity contribution in [1.29, 1.82) is 5.26 Å². The number of nitrogens with zero attached hydrogens (tertiary/aromatic N) is 1. The summed E-state index contributed by atoms with van der Waals surface area (Å²) in [5, 5.41) is 20.9. The number of hydrogen-bond acceptors (Lipinski definition) is 5. The molecule has 0 amide bonds. The van der Waals surface area contributed by atoms with E-state index in [0.717, 1.165) is 19.2 Å². The van der Waals surface area contributed by atoms with Crippen molar-refractivity contribution in [1.82, 2.24) is 0 Å². The molecule has 1 aromatic carbocycles. The first-order valence-corrected chi connectivity index (χ1v) is 5.78. The zero-order chi connectivity index (χ0) is 16.3. The maximum absolute atomic E-state index is 12.8. The number of methoxy groups -OCH3 is 1. The molecule has 114 valence electrons. The van der Waals surface area contributed by atoms with Gasteiger partial charge in [-0.2, -0.15) is 18.4 Å². The number of carbonyl (C=O) groups excluding carboxylic acids is 1. The van der Waals surface area contributed by atoms with E-state index in [1.54, 1.807) is 0 Å². The number of halogens is 3. The molecule has 1 unspecified atom stereocenters. The Bertz CT molecular complexity index is 577. The molecule has 0 fully saturated rings. The maximum Gasteiger partial charge on any atom is 0.417 e. The second-order valence-corrected chi connectivity index (χ2v) is 4.49. The van der Waals surface area contributed by atoms with Crippen LogP contribution in [0.5, 0.6) is 0 Å². The molecule has 0 heterocycles. The van der Waals surface area contributed by atoms with Gasteiger partial charge in [0.25, 0.3) is 0 Å². The summed E-state index contributed by atoms with van der Waals surface area (Å²) in [6, 6.07) is 4.46. The Kier molecular flexibility index (Phi) is 4.80. The summed E-state index contributed by atoms with van der Waals surface area (Å²) in [6.07, 6.45) is -4.67. The zero-order valence-corrected chi connectivity index (χ0v) is 11.3. The van der Waals surface area contributed by atoms with Crippen molar-refractivity contribution in [3.05, 3.63) is 29.3 Å². The van der Waals surface area contributed by atoms with E-state index in [-0.39, 0.29) is 12.2 Å². The number of hydrogen-bond donors (Lipinski definition) is 2. The molecule has 21 heavy (non-hydrogen) atoms. The van der Waals surface area contributed by atoms with Gasteiger partial charge in [0.05, 0.1) is 30.9 Å². The van der Waals surface area contributed by atoms with Gasteiger partial charge in [-0.3, -0.25) is 0 Å². The number of esters is 1. The summed E-state index contributed by atoms with van der Waals surface area (Å²) in [4.78, 5) is 11.2. The molecule has 5 nitrogen and oxygen atoms in total. The second-order valence-electron chi connectivity index (χ2n) is 4.49. The average Bonchev–Trinajstić information content (AvgIpc) is 2.43. The lowest BCUT2D eigenvalue weighted by Gasteiger charge is -2.21. The van der Waals surface area contributed by atoms with Crippen LogP contribution in [0, 0.1) is 11.3 Å². The molecule has 0 saturated heterocycles. The minimum Gasteiger partial charge on any atom is -0.467 e. The highest BCUT2D eigenvalue weighted by molar-refractivity contribution is 5.79. The van der Waals surface area contributed by atoms with Crippen molar-refractivity contribution in [2.45, 2.75) is 18.7 Å². The molecule has 0 aliphatic heterocycles. The molecule has 0 aliphatic carbocycles. The summed E-state index contributed by atoms with van der Waals surface area (Å²) < 4.78 is 42.7. The number of ether oxygens (including phenoxy) is 1. The summed E-state index contributed by atoms with van der Waals surface area (Å²) in [5.74, 6) is -0.917. The van der Waals surface area contributed by atoms with Gasteiger partial charge >= 0.3 is 12.1 Å². The number of anilines is 1. The standard InChI is InChI=1S/C13H13F3N2O3/c1-12(20,11(19)21-2)7-18-9-4-3-8(6-17)10(5-9)13(14,15)16/h3-5,18,20H,7H2,1-2H3. The van der Waals surface area contributed by atoms with Crippen LogP contribution >= 0.6 is 0 Å². The summed E-state index contributed by atoms with van der Waals surface area (Å²) in [7, 11) is 1.08. The predicted molar refractivity (Wildman–Crippen MR) is 67.3 cm³/mol. The van der Waals surface area contributed by atoms with E-state index in [4.69, 9.17) is 5.26 Å². The predicted octanol–water partition coefficient (Wildman–Crippen LogP) is 1.91. The van der Waals surface area contributed by atoms with Crippen LogP contribution in [0.25, 0.3) is 0 Å². The number of carbonyl (C=O) groups is 1. The van der Waals surface area contributed by atoms with E-state index in [0.29, 0.717) is 0 Å². The van der Waals surface area contributed by atoms with Crippen LogP contribution in [0.1, 0.15) is 18.1 Å². The van der Waals surface area contributed by atoms with Gasteiger partial charge < -0.3 is 15.2 Å². The molecule has 2 N–H and O–H groups in total. The Morgan fingerprint density at radius 2 is 2.10 bits per heavy atom. The number of rotatable bonds is 4. The van der Waals surface area contributed by atoms with Crippen LogP contribution in [-0.2, 0) is 15.7 Å². The van der Waals surface area contributed by atoms with Crippen molar-refractivity contribution in [3.63, 3.8) is 0 Å². The Hall–Kier alpha value is -2.27. The van der Waals surface area contributed by atoms with Gasteiger partial charge in [0.15, 0.2) is 5.60 Å². The van der Waals surface area contributed by atoms with Crippen molar-refractivity contribution >= 4 is 11.7 Å². The fourth-order valence-electron chi connectivity index (χ4n) is 1.55. The first-order chi connectivity index (χ1) is 9.61. The minimum atomic E-state index is -4.67. The summed E-state index contributed by atoms with van der Waals surface area (Å²) >= 11 is 0. The summed E-state index contributed by atoms with van der Waals surface area (Å²) in [5.41, 5.74) is -3.47. The van der Waals surface area contributed by atoms with Crippen molar-refractivity contribution in [3.8, 4) is 6.07 Å². The van der Waals surface area contributed by atoms with Crippen LogP contribution in [0.4, 0.5) is 18.9 Å². The topological polar surface area (TPSA) is 82.3 Å². The van der Waals surface area contributed by atoms with Gasteiger partial charge in [-0.05, 0) is 25.1 Å². The molecule has 0 radical (unpaired) electrons. The SMILES string of the molecule is COC(=O)C(C)(O)CNc1ccc(C#N)c(C(F)(F)F)c1. The fraction of sp³-hybridized carbons (Fsp3) is 0.385. The number of alkyl halides is 3. The Labute approximate surface area is 118 Å². The smallest absolute Gasteiger partial charge is 0.417 e. The average molecular weight is 302 g/mol. The molecule has 1 aromatic rings. The number of nitriles is 1. The van der Waals surface area contributed by atoms with Gasteiger partial charge in [-0.15, -0.1) is 0 Å². The van der Waals surface area contributed by atoms with E-state index in [2.05, 4.69) is 10.1 Å². The highest BCUT2D eigenvalue weighted by Gasteiger charge is 2.34. The molecule has 0 spiro atoms. The maximum atomic E-state index is 12.8. The quantitative estimate of drug-likeness (QED) is 0.830. The monoisotopic (exact) mass is 302 g/mol. The Morgan fingerprint density at radius 3 is 2.57 bits per heavy atom. The number of benzene rings is 1. The lowest BCUT2D eigenvalue weighted by atomic mass is 10.1. The largest absolute Gasteiger partial charge is 0.467 e. The molecule has 1 atom stereocenters. The van der Waals surface area contributed by atoms with E-state index in [1.165, 1.54) is 19.1 Å². The van der Waals surface area contributed by atoms with E-state index in [1.807, 2.05) is 0 Å². The molecule has 0 saturated carbocycles. The van der Waals surface area contributed by atoms with Gasteiger partial charge in [0.1, 0.15) is 0 Å². The highest BCUT2D eigenvalue weighted by Crippen LogP contribution is 2.33. The lowest BCUT2D eigenvalue weighted by Crippen LogP contribution is -2.42. The molecule has 0 aromatic heterocycles. The van der Waals surface area contributed by atoms with Crippen molar-refractivity contribution < 1.29 is 27.8 Å². The van der Waals surface area contributed by atoms with E-state index in [9.17, 15) is 23.1 Å². The molecule has 0 aliphatic rings. The van der Waals surface area contributed by atoms with Crippen LogP contribution in [0.15, 0.2) is 18.2 Å². The molecule has 1 rings (SSSR count). The van der Waals surface area contributed by atoms with Crippen molar-refractivity contribution in [2.24, 2.45) is 0 Å². The summed E-state index contributed by atoms with van der Waals surface area (Å²) in [6.45, 7) is 0.822. The van der Waals surface area contributed by atoms with Crippen molar-refractivity contribution in [2.75, 3.05) is 19.0 Å². The first kappa shape index (κ1) is 16.8. The van der Waals surface area contributed by atoms with Gasteiger partial charge in [-0.1, -0.05) is 0 Å². The fourth-order valence-corrected chi connectivity index (χ4v) is 1.55. The normalized spacial score (nSPS) is 14.0. The molecule has 0 bridgehead atoms. The highest BCUT2D eigenvalue weighted by atomic mass is 19.4. The Morgan fingerprint density at radius 1 is 1.48 bits per heavy atom. The lowest BCUT2D eigenvalue weighted by molar-refractivity contribution is -0.158.